The first-order chi connectivity index (χ1) is 27.6. The lowest BCUT2D eigenvalue weighted by molar-refractivity contribution is -0.131. The van der Waals surface area contributed by atoms with Gasteiger partial charge in [0, 0.05) is 34.8 Å². The molecule has 58 heavy (non-hydrogen) atoms. The van der Waals surface area contributed by atoms with Crippen LogP contribution in [0.2, 0.25) is 5.02 Å². The number of nitrogens with zero attached hydrogens (tertiary/aromatic N) is 4. The molecule has 3 N–H and O–H groups in total. The molecule has 9 rings (SSSR count). The molecule has 3 aromatic carbocycles. The zero-order valence-electron chi connectivity index (χ0n) is 31.3. The Morgan fingerprint density at radius 1 is 1.00 bits per heavy atom. The van der Waals surface area contributed by atoms with Crippen molar-refractivity contribution in [2.45, 2.75) is 32.6 Å². The number of amides is 4. The number of anilines is 2. The number of allylic oxidation sites excluding steroid dienone is 2. The van der Waals surface area contributed by atoms with Crippen LogP contribution < -0.4 is 14.5 Å². The van der Waals surface area contributed by atoms with Crippen molar-refractivity contribution in [2.24, 2.45) is 36.1 Å². The maximum atomic E-state index is 15.2. The van der Waals surface area contributed by atoms with Gasteiger partial charge in [-0.15, -0.1) is 11.3 Å². The highest BCUT2D eigenvalue weighted by Gasteiger charge is 2.68. The minimum absolute atomic E-state index is 0.0331. The zero-order chi connectivity index (χ0) is 41.3. The highest BCUT2D eigenvalue weighted by molar-refractivity contribution is 14.1. The van der Waals surface area contributed by atoms with Gasteiger partial charge < -0.3 is 20.1 Å². The number of carbonyl (C=O) groups excluding carboxylic acids is 4. The summed E-state index contributed by atoms with van der Waals surface area (Å²) in [5.41, 5.74) is 1.14. The number of phenolic OH excluding ortho intramolecular Hbond substituents is 1. The molecule has 3 fully saturated rings. The second-order valence-corrected chi connectivity index (χ2v) is 18.1. The Hall–Kier alpha value is -5.26. The molecule has 6 atom stereocenters. The van der Waals surface area contributed by atoms with E-state index in [4.69, 9.17) is 21.4 Å². The van der Waals surface area contributed by atoms with Crippen LogP contribution in [0.3, 0.4) is 0 Å². The van der Waals surface area contributed by atoms with Crippen LogP contribution in [-0.2, 0) is 26.2 Å². The number of carbonyl (C=O) groups is 5. The van der Waals surface area contributed by atoms with Gasteiger partial charge in [0.15, 0.2) is 11.5 Å². The Morgan fingerprint density at radius 3 is 2.47 bits per heavy atom. The number of imide groups is 2. The van der Waals surface area contributed by atoms with Crippen molar-refractivity contribution in [2.75, 3.05) is 16.9 Å². The zero-order valence-corrected chi connectivity index (χ0v) is 35.0. The summed E-state index contributed by atoms with van der Waals surface area (Å²) >= 11 is 9.84. The molecule has 4 heterocycles. The summed E-state index contributed by atoms with van der Waals surface area (Å²) in [6.45, 7) is 3.75. The van der Waals surface area contributed by atoms with Crippen molar-refractivity contribution in [3.8, 4) is 27.8 Å². The SMILES string of the molecule is COc1cc([C@H]2C3=CC[C@@H]4C(=O)N(c5ccc(C(=O)O)c(O)c5)C(=O)[C@@H]4[C@@H]3C[C@H]3C(=O)N(c4cc(-c5sc6ccc(Cl)cc6c5C)nn4C)C(=O)[C@@]23C)cc(I)c1O. The normalized spacial score (nSPS) is 25.3. The van der Waals surface area contributed by atoms with E-state index in [1.165, 1.54) is 34.1 Å². The number of methoxy groups -OCH3 is 1. The molecule has 0 bridgehead atoms. The number of carboxylic acid groups (broad SMARTS) is 1. The number of thiophene rings is 1. The van der Waals surface area contributed by atoms with Crippen molar-refractivity contribution in [3.05, 3.63) is 91.5 Å². The molecular weight excluding hydrogens is 899 g/mol. The number of hydrogen-bond donors (Lipinski definition) is 3. The summed E-state index contributed by atoms with van der Waals surface area (Å²) in [7, 11) is 3.10. The summed E-state index contributed by atoms with van der Waals surface area (Å²) in [4.78, 5) is 73.4. The van der Waals surface area contributed by atoms with Crippen molar-refractivity contribution < 1.29 is 44.0 Å². The molecule has 4 amide bonds. The Morgan fingerprint density at radius 2 is 1.76 bits per heavy atom. The van der Waals surface area contributed by atoms with Gasteiger partial charge in [-0.2, -0.15) is 5.10 Å². The topological polar surface area (TPSA) is 180 Å². The summed E-state index contributed by atoms with van der Waals surface area (Å²) < 4.78 is 8.54. The number of aryl methyl sites for hydroxylation is 2. The van der Waals surface area contributed by atoms with Gasteiger partial charge in [0.25, 0.3) is 0 Å². The number of ether oxygens (including phenoxy) is 1. The monoisotopic (exact) mass is 932 g/mol. The first kappa shape index (κ1) is 38.3. The lowest BCUT2D eigenvalue weighted by Gasteiger charge is -2.49. The smallest absolute Gasteiger partial charge is 0.339 e. The number of carboxylic acids is 1. The maximum Gasteiger partial charge on any atom is 0.339 e. The molecule has 0 spiro atoms. The quantitative estimate of drug-likeness (QED) is 0.0882. The Bertz CT molecular complexity index is 2740. The van der Waals surface area contributed by atoms with Crippen LogP contribution in [0, 0.1) is 39.6 Å². The van der Waals surface area contributed by atoms with Crippen LogP contribution in [0.15, 0.2) is 66.2 Å². The first-order valence-electron chi connectivity index (χ1n) is 18.4. The third kappa shape index (κ3) is 5.31. The van der Waals surface area contributed by atoms with Gasteiger partial charge in [-0.3, -0.25) is 23.9 Å². The van der Waals surface area contributed by atoms with Crippen molar-refractivity contribution >= 4 is 96.7 Å². The van der Waals surface area contributed by atoms with Gasteiger partial charge in [-0.1, -0.05) is 23.3 Å². The van der Waals surface area contributed by atoms with Gasteiger partial charge in [-0.05, 0) is 114 Å². The Balaban J connectivity index is 1.16. The number of rotatable bonds is 6. The molecule has 1 saturated carbocycles. The molecule has 2 aliphatic carbocycles. The molecule has 2 saturated heterocycles. The van der Waals surface area contributed by atoms with Crippen LogP contribution in [0.4, 0.5) is 11.5 Å². The largest absolute Gasteiger partial charge is 0.507 e. The lowest BCUT2D eigenvalue weighted by Crippen LogP contribution is -2.49. The van der Waals surface area contributed by atoms with E-state index < -0.39 is 70.4 Å². The number of fused-ring (bicyclic) bond motifs is 5. The lowest BCUT2D eigenvalue weighted by atomic mass is 9.51. The van der Waals surface area contributed by atoms with Crippen LogP contribution in [0.25, 0.3) is 20.7 Å². The fourth-order valence-electron chi connectivity index (χ4n) is 9.84. The summed E-state index contributed by atoms with van der Waals surface area (Å²) in [5, 5.41) is 37.2. The van der Waals surface area contributed by atoms with Gasteiger partial charge >= 0.3 is 5.97 Å². The second-order valence-electron chi connectivity index (χ2n) is 15.4. The second kappa shape index (κ2) is 13.4. The van der Waals surface area contributed by atoms with Gasteiger partial charge in [0.2, 0.25) is 23.6 Å². The van der Waals surface area contributed by atoms with Gasteiger partial charge in [0.05, 0.1) is 44.4 Å². The number of halogens is 2. The van der Waals surface area contributed by atoms with E-state index in [2.05, 4.69) is 0 Å². The fourth-order valence-corrected chi connectivity index (χ4v) is 11.8. The van der Waals surface area contributed by atoms with Crippen molar-refractivity contribution in [3.63, 3.8) is 0 Å². The third-order valence-corrected chi connectivity index (χ3v) is 14.9. The minimum Gasteiger partial charge on any atom is -0.507 e. The average Bonchev–Trinajstić information content (AvgIpc) is 3.85. The number of aromatic nitrogens is 2. The van der Waals surface area contributed by atoms with E-state index in [1.807, 2.05) is 53.8 Å². The van der Waals surface area contributed by atoms with Crippen LogP contribution in [0.5, 0.6) is 17.2 Å². The summed E-state index contributed by atoms with van der Waals surface area (Å²) in [5.74, 6) is -7.63. The fraction of sp³-hybridized carbons (Fsp3) is 0.286. The number of hydrogen-bond acceptors (Lipinski definition) is 10. The molecule has 0 unspecified atom stereocenters. The molecule has 13 nitrogen and oxygen atoms in total. The maximum absolute atomic E-state index is 15.2. The standard InChI is InChI=1S/C42H34ClIN4O9S/c1-17-24-13-19(43)5-10-31(24)58-36(17)28-16-32(46(3)45-28)48-38(52)26-15-25-21(34(42(26,2)41(48)56)18-11-27(44)35(50)30(12-18)57-4)8-9-23-33(25)39(53)47(37(23)51)20-6-7-22(40(54)55)29(49)14-20/h5-8,10-14,16,23,25-26,33-34,49-50H,9,15H2,1-4H3,(H,54,55)/t23-,25+,26-,33-,34-,42+/m0/s1. The number of aromatic hydroxyl groups is 2. The predicted molar refractivity (Wildman–Crippen MR) is 223 cm³/mol. The highest BCUT2D eigenvalue weighted by atomic mass is 127. The predicted octanol–water partition coefficient (Wildman–Crippen LogP) is 7.42. The molecular formula is C42H34ClIN4O9S. The van der Waals surface area contributed by atoms with Gasteiger partial charge in [0.1, 0.15) is 22.8 Å². The highest BCUT2D eigenvalue weighted by Crippen LogP contribution is 2.64. The van der Waals surface area contributed by atoms with E-state index in [9.17, 15) is 34.5 Å². The molecule has 0 radical (unpaired) electrons. The summed E-state index contributed by atoms with van der Waals surface area (Å²) in [6, 6.07) is 14.3. The van der Waals surface area contributed by atoms with E-state index in [-0.39, 0.29) is 41.4 Å². The molecule has 5 aromatic rings. The van der Waals surface area contributed by atoms with E-state index >= 15 is 4.79 Å². The number of benzene rings is 3. The van der Waals surface area contributed by atoms with E-state index in [1.54, 1.807) is 32.2 Å². The van der Waals surface area contributed by atoms with E-state index in [0.29, 0.717) is 19.9 Å². The Labute approximate surface area is 353 Å². The minimum atomic E-state index is -1.38. The van der Waals surface area contributed by atoms with Crippen LogP contribution >= 0.6 is 45.5 Å². The first-order valence-corrected chi connectivity index (χ1v) is 20.7. The van der Waals surface area contributed by atoms with Crippen LogP contribution in [0.1, 0.15) is 47.2 Å². The van der Waals surface area contributed by atoms with Crippen molar-refractivity contribution in [1.29, 1.82) is 0 Å². The van der Waals surface area contributed by atoms with Crippen LogP contribution in [-0.4, -0.2) is 61.8 Å². The summed E-state index contributed by atoms with van der Waals surface area (Å²) in [6.07, 6.45) is 2.16. The molecule has 4 aliphatic rings. The van der Waals surface area contributed by atoms with E-state index in [0.717, 1.165) is 43.1 Å². The Kier molecular flexibility index (Phi) is 8.83. The van der Waals surface area contributed by atoms with Crippen molar-refractivity contribution in [1.82, 2.24) is 9.78 Å². The molecule has 2 aromatic heterocycles. The molecule has 2 aliphatic heterocycles. The number of aromatic carboxylic acids is 1. The average molecular weight is 933 g/mol. The third-order valence-electron chi connectivity index (χ3n) is 12.6. The molecule has 16 heteroatoms. The van der Waals surface area contributed by atoms with Gasteiger partial charge in [-0.25, -0.2) is 14.6 Å². The molecule has 296 valence electrons. The number of phenols is 2.